The van der Waals surface area contributed by atoms with Crippen LogP contribution in [0.4, 0.5) is 0 Å². The van der Waals surface area contributed by atoms with Crippen molar-refractivity contribution in [3.8, 4) is 0 Å². The maximum Gasteiger partial charge on any atom is 0.0701 e. The number of nitrogens with one attached hydrogen (secondary N) is 1. The van der Waals surface area contributed by atoms with E-state index in [0.29, 0.717) is 26.4 Å². The molecule has 0 fully saturated rings. The summed E-state index contributed by atoms with van der Waals surface area (Å²) >= 11 is 0. The van der Waals surface area contributed by atoms with Gasteiger partial charge in [-0.15, -0.1) is 0 Å². The van der Waals surface area contributed by atoms with Gasteiger partial charge in [0.1, 0.15) is 0 Å². The molecule has 0 radical (unpaired) electrons. The van der Waals surface area contributed by atoms with E-state index in [2.05, 4.69) is 19.2 Å². The second kappa shape index (κ2) is 11.9. The zero-order chi connectivity index (χ0) is 11.4. The number of nitrogens with two attached hydrogens (primary N) is 1. The molecule has 3 N–H and O–H groups in total. The molecule has 0 heterocycles. The fourth-order valence-electron chi connectivity index (χ4n) is 1.07. The third-order valence-corrected chi connectivity index (χ3v) is 1.96. The van der Waals surface area contributed by atoms with Gasteiger partial charge in [0.25, 0.3) is 0 Å². The van der Waals surface area contributed by atoms with Gasteiger partial charge in [-0.3, -0.25) is 0 Å². The molecule has 0 bridgehead atoms. The minimum absolute atomic E-state index is 0.580. The normalized spacial score (nSPS) is 11.2. The molecule has 92 valence electrons. The fourth-order valence-corrected chi connectivity index (χ4v) is 1.07. The monoisotopic (exact) mass is 218 g/mol. The van der Waals surface area contributed by atoms with Crippen molar-refractivity contribution < 1.29 is 9.47 Å². The van der Waals surface area contributed by atoms with E-state index in [1.807, 2.05) is 0 Å². The summed E-state index contributed by atoms with van der Waals surface area (Å²) in [6.07, 6.45) is 1.22. The van der Waals surface area contributed by atoms with Gasteiger partial charge >= 0.3 is 0 Å². The first-order chi connectivity index (χ1) is 7.27. The molecule has 4 heteroatoms. The first kappa shape index (κ1) is 14.8. The van der Waals surface area contributed by atoms with Gasteiger partial charge in [0.05, 0.1) is 26.4 Å². The summed E-state index contributed by atoms with van der Waals surface area (Å²) < 4.78 is 10.5. The summed E-state index contributed by atoms with van der Waals surface area (Å²) in [4.78, 5) is 0. The summed E-state index contributed by atoms with van der Waals surface area (Å²) in [5, 5.41) is 3.33. The summed E-state index contributed by atoms with van der Waals surface area (Å²) in [7, 11) is 0. The first-order valence-electron chi connectivity index (χ1n) is 5.83. The Morgan fingerprint density at radius 3 is 2.27 bits per heavy atom. The second-order valence-electron chi connectivity index (χ2n) is 3.95. The maximum absolute atomic E-state index is 5.36. The average molecular weight is 218 g/mol. The summed E-state index contributed by atoms with van der Waals surface area (Å²) in [6, 6.07) is 0. The van der Waals surface area contributed by atoms with Crippen LogP contribution in [-0.4, -0.2) is 46.1 Å². The smallest absolute Gasteiger partial charge is 0.0701 e. The lowest BCUT2D eigenvalue weighted by atomic mass is 10.1. The molecule has 0 aromatic rings. The largest absolute Gasteiger partial charge is 0.378 e. The highest BCUT2D eigenvalue weighted by Crippen LogP contribution is 1.95. The number of hydrogen-bond acceptors (Lipinski definition) is 4. The Morgan fingerprint density at radius 2 is 1.67 bits per heavy atom. The van der Waals surface area contributed by atoms with Gasteiger partial charge in [0, 0.05) is 13.1 Å². The van der Waals surface area contributed by atoms with Gasteiger partial charge in [-0.25, -0.2) is 0 Å². The molecular weight excluding hydrogens is 192 g/mol. The van der Waals surface area contributed by atoms with Crippen LogP contribution in [0.3, 0.4) is 0 Å². The highest BCUT2D eigenvalue weighted by atomic mass is 16.5. The third-order valence-electron chi connectivity index (χ3n) is 1.96. The summed E-state index contributed by atoms with van der Waals surface area (Å²) in [5.74, 6) is 0.767. The molecule has 4 nitrogen and oxygen atoms in total. The van der Waals surface area contributed by atoms with Gasteiger partial charge in [-0.05, 0) is 18.9 Å². The third kappa shape index (κ3) is 13.8. The SMILES string of the molecule is CC(C)CCNCCOCCOCCN. The van der Waals surface area contributed by atoms with Crippen molar-refractivity contribution in [2.45, 2.75) is 20.3 Å². The lowest BCUT2D eigenvalue weighted by Crippen LogP contribution is -2.22. The summed E-state index contributed by atoms with van der Waals surface area (Å²) in [6.45, 7) is 9.71. The van der Waals surface area contributed by atoms with Crippen molar-refractivity contribution in [2.75, 3.05) is 46.1 Å². The van der Waals surface area contributed by atoms with Crippen molar-refractivity contribution in [2.24, 2.45) is 11.7 Å². The van der Waals surface area contributed by atoms with Crippen LogP contribution in [-0.2, 0) is 9.47 Å². The van der Waals surface area contributed by atoms with Crippen LogP contribution in [0, 0.1) is 5.92 Å². The Balaban J connectivity index is 2.87. The van der Waals surface area contributed by atoms with Crippen molar-refractivity contribution in [1.29, 1.82) is 0 Å². The Morgan fingerprint density at radius 1 is 1.00 bits per heavy atom. The van der Waals surface area contributed by atoms with E-state index in [-0.39, 0.29) is 0 Å². The number of rotatable bonds is 11. The van der Waals surface area contributed by atoms with E-state index in [1.165, 1.54) is 6.42 Å². The molecule has 0 aliphatic carbocycles. The predicted octanol–water partition coefficient (Wildman–Crippen LogP) is 0.614. The second-order valence-corrected chi connectivity index (χ2v) is 3.95. The van der Waals surface area contributed by atoms with Crippen LogP contribution in [0.25, 0.3) is 0 Å². The van der Waals surface area contributed by atoms with E-state index >= 15 is 0 Å². The lowest BCUT2D eigenvalue weighted by Gasteiger charge is -2.07. The van der Waals surface area contributed by atoms with Crippen molar-refractivity contribution >= 4 is 0 Å². The highest BCUT2D eigenvalue weighted by molar-refractivity contribution is 4.50. The van der Waals surface area contributed by atoms with Gasteiger partial charge < -0.3 is 20.5 Å². The Hall–Kier alpha value is -0.160. The van der Waals surface area contributed by atoms with Gasteiger partial charge in [-0.2, -0.15) is 0 Å². The van der Waals surface area contributed by atoms with Crippen molar-refractivity contribution in [3.63, 3.8) is 0 Å². The Labute approximate surface area is 93.5 Å². The topological polar surface area (TPSA) is 56.5 Å². The molecule has 0 rings (SSSR count). The molecule has 0 spiro atoms. The number of ether oxygens (including phenoxy) is 2. The molecule has 0 aromatic carbocycles. The zero-order valence-electron chi connectivity index (χ0n) is 10.1. The van der Waals surface area contributed by atoms with Crippen LogP contribution in [0.15, 0.2) is 0 Å². The molecule has 15 heavy (non-hydrogen) atoms. The number of hydrogen-bond donors (Lipinski definition) is 2. The minimum Gasteiger partial charge on any atom is -0.378 e. The molecule has 0 aliphatic rings. The van der Waals surface area contributed by atoms with Crippen LogP contribution < -0.4 is 11.1 Å². The summed E-state index contributed by atoms with van der Waals surface area (Å²) in [5.41, 5.74) is 5.27. The van der Waals surface area contributed by atoms with Gasteiger partial charge in [0.15, 0.2) is 0 Å². The molecule has 0 amide bonds. The van der Waals surface area contributed by atoms with E-state index in [4.69, 9.17) is 15.2 Å². The van der Waals surface area contributed by atoms with E-state index in [9.17, 15) is 0 Å². The minimum atomic E-state index is 0.580. The van der Waals surface area contributed by atoms with E-state index in [0.717, 1.165) is 25.6 Å². The van der Waals surface area contributed by atoms with Gasteiger partial charge in [0.2, 0.25) is 0 Å². The highest BCUT2D eigenvalue weighted by Gasteiger charge is 1.93. The molecular formula is C11H26N2O2. The predicted molar refractivity (Wildman–Crippen MR) is 63.0 cm³/mol. The maximum atomic E-state index is 5.36. The van der Waals surface area contributed by atoms with E-state index < -0.39 is 0 Å². The zero-order valence-corrected chi connectivity index (χ0v) is 10.1. The van der Waals surface area contributed by atoms with E-state index in [1.54, 1.807) is 0 Å². The molecule has 0 saturated heterocycles. The average Bonchev–Trinajstić information content (AvgIpc) is 2.20. The first-order valence-corrected chi connectivity index (χ1v) is 5.83. The van der Waals surface area contributed by atoms with Crippen molar-refractivity contribution in [3.05, 3.63) is 0 Å². The molecule has 0 atom stereocenters. The van der Waals surface area contributed by atoms with Gasteiger partial charge in [-0.1, -0.05) is 13.8 Å². The molecule has 0 aliphatic heterocycles. The van der Waals surface area contributed by atoms with Crippen LogP contribution in [0.1, 0.15) is 20.3 Å². The standard InChI is InChI=1S/C11H26N2O2/c1-11(2)3-5-13-6-8-15-10-9-14-7-4-12/h11,13H,3-10,12H2,1-2H3. The molecule has 0 saturated carbocycles. The van der Waals surface area contributed by atoms with Crippen LogP contribution >= 0.6 is 0 Å². The van der Waals surface area contributed by atoms with Crippen molar-refractivity contribution in [1.82, 2.24) is 5.32 Å². The van der Waals surface area contributed by atoms with Crippen LogP contribution in [0.2, 0.25) is 0 Å². The van der Waals surface area contributed by atoms with Crippen LogP contribution in [0.5, 0.6) is 0 Å². The quantitative estimate of drug-likeness (QED) is 0.499. The Bertz CT molecular complexity index is 121. The molecule has 0 aromatic heterocycles. The fraction of sp³-hybridized carbons (Fsp3) is 1.00. The lowest BCUT2D eigenvalue weighted by molar-refractivity contribution is 0.0518. The molecule has 0 unspecified atom stereocenters. The Kier molecular flexibility index (Phi) is 11.8.